The second-order valence-electron chi connectivity index (χ2n) is 3.83. The van der Waals surface area contributed by atoms with Crippen LogP contribution in [0.4, 0.5) is 11.5 Å². The number of aromatic carboxylic acids is 1. The van der Waals surface area contributed by atoms with Crippen LogP contribution >= 0.6 is 0 Å². The van der Waals surface area contributed by atoms with Gasteiger partial charge in [0.25, 0.3) is 0 Å². The summed E-state index contributed by atoms with van der Waals surface area (Å²) in [4.78, 5) is 17.2. The van der Waals surface area contributed by atoms with E-state index in [1.54, 1.807) is 0 Å². The van der Waals surface area contributed by atoms with Crippen LogP contribution in [0, 0.1) is 0 Å². The molecule has 0 saturated carbocycles. The van der Waals surface area contributed by atoms with Crippen LogP contribution in [0.1, 0.15) is 37.0 Å². The minimum absolute atomic E-state index is 0.116. The molecule has 0 unspecified atom stereocenters. The molecule has 1 aromatic heterocycles. The van der Waals surface area contributed by atoms with Crippen molar-refractivity contribution >= 4 is 17.5 Å². The van der Waals surface area contributed by atoms with Crippen LogP contribution in [0.3, 0.4) is 0 Å². The molecule has 5 nitrogen and oxygen atoms in total. The second kappa shape index (κ2) is 6.08. The summed E-state index contributed by atoms with van der Waals surface area (Å²) in [6.45, 7) is 5.72. The van der Waals surface area contributed by atoms with Crippen molar-refractivity contribution in [1.82, 2.24) is 4.98 Å². The predicted octanol–water partition coefficient (Wildman–Crippen LogP) is 1.99. The molecule has 0 amide bonds. The number of pyridine rings is 1. The van der Waals surface area contributed by atoms with Gasteiger partial charge in [-0.1, -0.05) is 13.3 Å². The van der Waals surface area contributed by atoms with Crippen LogP contribution in [0.5, 0.6) is 0 Å². The third-order valence-electron chi connectivity index (χ3n) is 2.66. The molecular weight excluding hydrogens is 218 g/mol. The van der Waals surface area contributed by atoms with E-state index >= 15 is 0 Å². The third-order valence-corrected chi connectivity index (χ3v) is 2.66. The van der Waals surface area contributed by atoms with Gasteiger partial charge < -0.3 is 15.7 Å². The molecule has 17 heavy (non-hydrogen) atoms. The molecule has 5 heteroatoms. The van der Waals surface area contributed by atoms with Crippen LogP contribution in [-0.4, -0.2) is 29.1 Å². The maximum atomic E-state index is 11.0. The van der Waals surface area contributed by atoms with Gasteiger partial charge in [0.2, 0.25) is 0 Å². The minimum Gasteiger partial charge on any atom is -0.478 e. The van der Waals surface area contributed by atoms with Crippen molar-refractivity contribution in [3.8, 4) is 0 Å². The molecule has 0 fully saturated rings. The number of aromatic nitrogens is 1. The maximum absolute atomic E-state index is 11.0. The van der Waals surface area contributed by atoms with Crippen molar-refractivity contribution in [2.45, 2.75) is 26.7 Å². The summed E-state index contributed by atoms with van der Waals surface area (Å²) in [6, 6.07) is 1.43. The van der Waals surface area contributed by atoms with Gasteiger partial charge in [0.05, 0.1) is 11.3 Å². The summed E-state index contributed by atoms with van der Waals surface area (Å²) in [5.41, 5.74) is 6.21. The van der Waals surface area contributed by atoms with Crippen LogP contribution in [-0.2, 0) is 0 Å². The van der Waals surface area contributed by atoms with Gasteiger partial charge in [-0.15, -0.1) is 0 Å². The molecule has 0 aliphatic heterocycles. The smallest absolute Gasteiger partial charge is 0.337 e. The number of anilines is 2. The Labute approximate surface area is 101 Å². The molecule has 0 aliphatic rings. The Morgan fingerprint density at radius 2 is 2.24 bits per heavy atom. The summed E-state index contributed by atoms with van der Waals surface area (Å²) in [6.07, 6.45) is 3.60. The van der Waals surface area contributed by atoms with Gasteiger partial charge >= 0.3 is 5.97 Å². The maximum Gasteiger partial charge on any atom is 0.337 e. The standard InChI is InChI=1S/C12H19N3O2/c1-3-5-8-15(4-2)11-10(13)9(12(16)17)6-7-14-11/h6-7H,3-5,8,13H2,1-2H3,(H,16,17). The number of nitrogen functional groups attached to an aromatic ring is 1. The molecule has 0 spiro atoms. The lowest BCUT2D eigenvalue weighted by Crippen LogP contribution is -2.26. The molecule has 0 aromatic carbocycles. The van der Waals surface area contributed by atoms with E-state index in [4.69, 9.17) is 10.8 Å². The van der Waals surface area contributed by atoms with Gasteiger partial charge in [-0.05, 0) is 19.4 Å². The first-order valence-corrected chi connectivity index (χ1v) is 5.84. The summed E-state index contributed by atoms with van der Waals surface area (Å²) in [7, 11) is 0. The van der Waals surface area contributed by atoms with Gasteiger partial charge in [0.1, 0.15) is 0 Å². The first-order chi connectivity index (χ1) is 8.11. The van der Waals surface area contributed by atoms with Crippen molar-refractivity contribution in [3.05, 3.63) is 17.8 Å². The molecule has 94 valence electrons. The average molecular weight is 237 g/mol. The van der Waals surface area contributed by atoms with Crippen LogP contribution in [0.15, 0.2) is 12.3 Å². The molecule has 0 saturated heterocycles. The number of hydrogen-bond acceptors (Lipinski definition) is 4. The summed E-state index contributed by atoms with van der Waals surface area (Å²) in [5, 5.41) is 8.99. The van der Waals surface area contributed by atoms with Crippen molar-refractivity contribution in [1.29, 1.82) is 0 Å². The number of carboxylic acids is 1. The average Bonchev–Trinajstić information content (AvgIpc) is 2.31. The zero-order chi connectivity index (χ0) is 12.8. The van der Waals surface area contributed by atoms with Crippen LogP contribution < -0.4 is 10.6 Å². The third kappa shape index (κ3) is 3.09. The van der Waals surface area contributed by atoms with Gasteiger partial charge in [-0.2, -0.15) is 0 Å². The van der Waals surface area contributed by atoms with E-state index < -0.39 is 5.97 Å². The van der Waals surface area contributed by atoms with E-state index in [0.29, 0.717) is 5.82 Å². The molecule has 0 radical (unpaired) electrons. The van der Waals surface area contributed by atoms with Crippen molar-refractivity contribution in [3.63, 3.8) is 0 Å². The number of hydrogen-bond donors (Lipinski definition) is 2. The summed E-state index contributed by atoms with van der Waals surface area (Å²) >= 11 is 0. The highest BCUT2D eigenvalue weighted by Crippen LogP contribution is 2.24. The monoisotopic (exact) mass is 237 g/mol. The van der Waals surface area contributed by atoms with Gasteiger partial charge in [0, 0.05) is 19.3 Å². The first-order valence-electron chi connectivity index (χ1n) is 5.84. The highest BCUT2D eigenvalue weighted by molar-refractivity contribution is 5.96. The molecular formula is C12H19N3O2. The molecule has 0 aliphatic carbocycles. The fourth-order valence-corrected chi connectivity index (χ4v) is 1.66. The second-order valence-corrected chi connectivity index (χ2v) is 3.83. The fraction of sp³-hybridized carbons (Fsp3) is 0.500. The van der Waals surface area contributed by atoms with Crippen molar-refractivity contribution in [2.24, 2.45) is 0 Å². The Morgan fingerprint density at radius 3 is 2.76 bits per heavy atom. The molecule has 1 heterocycles. The molecule has 3 N–H and O–H groups in total. The van der Waals surface area contributed by atoms with Gasteiger partial charge in [-0.25, -0.2) is 9.78 Å². The summed E-state index contributed by atoms with van der Waals surface area (Å²) < 4.78 is 0. The number of carbonyl (C=O) groups is 1. The number of nitrogens with two attached hydrogens (primary N) is 1. The quantitative estimate of drug-likeness (QED) is 0.791. The molecule has 1 aromatic rings. The topological polar surface area (TPSA) is 79.5 Å². The first kappa shape index (κ1) is 13.3. The summed E-state index contributed by atoms with van der Waals surface area (Å²) in [5.74, 6) is -0.446. The van der Waals surface area contributed by atoms with Crippen LogP contribution in [0.25, 0.3) is 0 Å². The largest absolute Gasteiger partial charge is 0.478 e. The lowest BCUT2D eigenvalue weighted by molar-refractivity contribution is 0.0698. The van der Waals surface area contributed by atoms with E-state index in [1.165, 1.54) is 12.3 Å². The SMILES string of the molecule is CCCCN(CC)c1nccc(C(=O)O)c1N. The van der Waals surface area contributed by atoms with E-state index in [0.717, 1.165) is 25.9 Å². The number of rotatable bonds is 6. The van der Waals surface area contributed by atoms with Crippen molar-refractivity contribution in [2.75, 3.05) is 23.7 Å². The minimum atomic E-state index is -1.02. The lowest BCUT2D eigenvalue weighted by Gasteiger charge is -2.23. The Kier molecular flexibility index (Phi) is 4.75. The van der Waals surface area contributed by atoms with Crippen molar-refractivity contribution < 1.29 is 9.90 Å². The Hall–Kier alpha value is -1.78. The van der Waals surface area contributed by atoms with Gasteiger partial charge in [-0.3, -0.25) is 0 Å². The highest BCUT2D eigenvalue weighted by Gasteiger charge is 2.15. The zero-order valence-electron chi connectivity index (χ0n) is 10.3. The fourth-order valence-electron chi connectivity index (χ4n) is 1.66. The Balaban J connectivity index is 3.03. The highest BCUT2D eigenvalue weighted by atomic mass is 16.4. The number of nitrogens with zero attached hydrogens (tertiary/aromatic N) is 2. The van der Waals surface area contributed by atoms with Crippen LogP contribution in [0.2, 0.25) is 0 Å². The molecule has 0 atom stereocenters. The van der Waals surface area contributed by atoms with E-state index in [9.17, 15) is 4.79 Å². The molecule has 1 rings (SSSR count). The Morgan fingerprint density at radius 1 is 1.53 bits per heavy atom. The zero-order valence-corrected chi connectivity index (χ0v) is 10.3. The lowest BCUT2D eigenvalue weighted by atomic mass is 10.2. The Bertz CT molecular complexity index is 393. The predicted molar refractivity (Wildman–Crippen MR) is 68.4 cm³/mol. The van der Waals surface area contributed by atoms with E-state index in [2.05, 4.69) is 11.9 Å². The van der Waals surface area contributed by atoms with E-state index in [-0.39, 0.29) is 11.3 Å². The number of unbranched alkanes of at least 4 members (excludes halogenated alkanes) is 1. The molecule has 0 bridgehead atoms. The normalized spacial score (nSPS) is 10.2. The van der Waals surface area contributed by atoms with E-state index in [1.807, 2.05) is 11.8 Å². The van der Waals surface area contributed by atoms with Gasteiger partial charge in [0.15, 0.2) is 5.82 Å². The number of carboxylic acid groups (broad SMARTS) is 1.